The second kappa shape index (κ2) is 6.10. The summed E-state index contributed by atoms with van der Waals surface area (Å²) in [4.78, 5) is 11.8. The number of hydrogen-bond donors (Lipinski definition) is 1. The monoisotopic (exact) mass is 311 g/mol. The summed E-state index contributed by atoms with van der Waals surface area (Å²) in [7, 11) is 0. The minimum Gasteiger partial charge on any atom is -0.455 e. The van der Waals surface area contributed by atoms with Gasteiger partial charge in [0.15, 0.2) is 6.61 Å². The molecule has 0 saturated carbocycles. The first kappa shape index (κ1) is 15.3. The van der Waals surface area contributed by atoms with Crippen molar-refractivity contribution < 1.29 is 18.3 Å². The van der Waals surface area contributed by atoms with Crippen LogP contribution in [-0.2, 0) is 10.7 Å². The Hall–Kier alpha value is -2.14. The molecule has 0 aliphatic carbocycles. The van der Waals surface area contributed by atoms with Crippen molar-refractivity contribution in [2.75, 3.05) is 12.3 Å². The first-order chi connectivity index (χ1) is 9.90. The van der Waals surface area contributed by atoms with Gasteiger partial charge >= 0.3 is 11.9 Å². The molecule has 2 aromatic rings. The van der Waals surface area contributed by atoms with Crippen LogP contribution < -0.4 is 5.73 Å². The predicted octanol–water partition coefficient (Wildman–Crippen LogP) is 3.87. The minimum atomic E-state index is -3.27. The third kappa shape index (κ3) is 3.70. The number of halogens is 3. The van der Waals surface area contributed by atoms with Crippen molar-refractivity contribution in [2.45, 2.75) is 5.92 Å². The van der Waals surface area contributed by atoms with Gasteiger partial charge in [0, 0.05) is 11.3 Å². The molecule has 2 rings (SSSR count). The van der Waals surface area contributed by atoms with Crippen molar-refractivity contribution in [3.63, 3.8) is 0 Å². The third-order valence-electron chi connectivity index (χ3n) is 2.79. The van der Waals surface area contributed by atoms with Gasteiger partial charge in [-0.05, 0) is 18.2 Å². The van der Waals surface area contributed by atoms with E-state index in [2.05, 4.69) is 4.74 Å². The first-order valence-corrected chi connectivity index (χ1v) is 6.43. The van der Waals surface area contributed by atoms with E-state index in [-0.39, 0.29) is 16.1 Å². The number of rotatable bonds is 4. The average molecular weight is 312 g/mol. The molecule has 0 heterocycles. The molecule has 0 saturated heterocycles. The van der Waals surface area contributed by atoms with Gasteiger partial charge in [-0.15, -0.1) is 0 Å². The molecule has 6 heteroatoms. The number of anilines is 1. The number of esters is 1. The molecule has 0 spiro atoms. The second-order valence-electron chi connectivity index (χ2n) is 4.39. The smallest absolute Gasteiger partial charge is 0.339 e. The third-order valence-corrected chi connectivity index (χ3v) is 3.12. The Balaban J connectivity index is 2.09. The number of carbonyl (C=O) groups is 1. The summed E-state index contributed by atoms with van der Waals surface area (Å²) in [6.07, 6.45) is 0. The number of nitrogens with two attached hydrogens (primary N) is 1. The molecule has 110 valence electrons. The number of benzene rings is 2. The van der Waals surface area contributed by atoms with E-state index in [0.717, 1.165) is 0 Å². The van der Waals surface area contributed by atoms with Crippen LogP contribution in [-0.4, -0.2) is 12.6 Å². The molecule has 0 atom stereocenters. The maximum atomic E-state index is 13.9. The fraction of sp³-hybridized carbons (Fsp3) is 0.133. The van der Waals surface area contributed by atoms with Crippen molar-refractivity contribution in [2.24, 2.45) is 0 Å². The van der Waals surface area contributed by atoms with E-state index in [1.54, 1.807) is 6.07 Å². The molecule has 2 aromatic carbocycles. The van der Waals surface area contributed by atoms with Gasteiger partial charge in [-0.2, -0.15) is 8.78 Å². The summed E-state index contributed by atoms with van der Waals surface area (Å²) >= 11 is 5.81. The van der Waals surface area contributed by atoms with Crippen LogP contribution in [0.25, 0.3) is 0 Å². The fourth-order valence-corrected chi connectivity index (χ4v) is 1.89. The maximum absolute atomic E-state index is 13.9. The molecule has 0 fully saturated rings. The van der Waals surface area contributed by atoms with Crippen molar-refractivity contribution in [3.8, 4) is 0 Å². The summed E-state index contributed by atoms with van der Waals surface area (Å²) in [5, 5.41) is 0.0947. The SMILES string of the molecule is Nc1ccc(Cl)c(C(=O)OCC(F)(F)c2ccccc2)c1. The Kier molecular flexibility index (Phi) is 4.43. The summed E-state index contributed by atoms with van der Waals surface area (Å²) in [6, 6.07) is 11.3. The zero-order valence-electron chi connectivity index (χ0n) is 10.9. The summed E-state index contributed by atoms with van der Waals surface area (Å²) in [5.74, 6) is -4.22. The molecule has 0 aliphatic heterocycles. The molecule has 21 heavy (non-hydrogen) atoms. The highest BCUT2D eigenvalue weighted by atomic mass is 35.5. The Morgan fingerprint density at radius 1 is 1.19 bits per heavy atom. The predicted molar refractivity (Wildman–Crippen MR) is 76.5 cm³/mol. The molecule has 0 bridgehead atoms. The van der Waals surface area contributed by atoms with E-state index in [4.69, 9.17) is 17.3 Å². The normalized spacial score (nSPS) is 11.2. The Morgan fingerprint density at radius 2 is 1.86 bits per heavy atom. The summed E-state index contributed by atoms with van der Waals surface area (Å²) < 4.78 is 32.4. The Morgan fingerprint density at radius 3 is 2.52 bits per heavy atom. The topological polar surface area (TPSA) is 52.3 Å². The molecule has 0 aliphatic rings. The molecule has 0 aromatic heterocycles. The van der Waals surface area contributed by atoms with Crippen molar-refractivity contribution in [3.05, 3.63) is 64.7 Å². The van der Waals surface area contributed by atoms with Crippen LogP contribution in [0.4, 0.5) is 14.5 Å². The van der Waals surface area contributed by atoms with Gasteiger partial charge in [0.1, 0.15) is 0 Å². The van der Waals surface area contributed by atoms with Crippen LogP contribution in [0.3, 0.4) is 0 Å². The molecular formula is C15H12ClF2NO2. The molecule has 0 radical (unpaired) electrons. The lowest BCUT2D eigenvalue weighted by Crippen LogP contribution is -2.23. The van der Waals surface area contributed by atoms with Crippen LogP contribution in [0.15, 0.2) is 48.5 Å². The quantitative estimate of drug-likeness (QED) is 0.689. The van der Waals surface area contributed by atoms with Crippen molar-refractivity contribution >= 4 is 23.3 Å². The zero-order chi connectivity index (χ0) is 15.5. The number of nitrogen functional groups attached to an aromatic ring is 1. The van der Waals surface area contributed by atoms with Crippen LogP contribution >= 0.6 is 11.6 Å². The molecule has 3 nitrogen and oxygen atoms in total. The van der Waals surface area contributed by atoms with E-state index in [1.165, 1.54) is 42.5 Å². The van der Waals surface area contributed by atoms with Gasteiger partial charge in [-0.3, -0.25) is 0 Å². The van der Waals surface area contributed by atoms with Crippen molar-refractivity contribution in [1.29, 1.82) is 0 Å². The fourth-order valence-electron chi connectivity index (χ4n) is 1.70. The largest absolute Gasteiger partial charge is 0.455 e. The summed E-state index contributed by atoms with van der Waals surface area (Å²) in [5.41, 5.74) is 5.55. The van der Waals surface area contributed by atoms with Gasteiger partial charge in [-0.25, -0.2) is 4.79 Å². The lowest BCUT2D eigenvalue weighted by Gasteiger charge is -2.17. The van der Waals surface area contributed by atoms with E-state index < -0.39 is 18.5 Å². The van der Waals surface area contributed by atoms with Crippen molar-refractivity contribution in [1.82, 2.24) is 0 Å². The molecule has 0 amide bonds. The number of ether oxygens (including phenoxy) is 1. The van der Waals surface area contributed by atoms with Gasteiger partial charge < -0.3 is 10.5 Å². The van der Waals surface area contributed by atoms with E-state index in [0.29, 0.717) is 5.69 Å². The highest BCUT2D eigenvalue weighted by Crippen LogP contribution is 2.29. The van der Waals surface area contributed by atoms with Crippen LogP contribution in [0, 0.1) is 0 Å². The van der Waals surface area contributed by atoms with E-state index in [9.17, 15) is 13.6 Å². The molecular weight excluding hydrogens is 300 g/mol. The van der Waals surface area contributed by atoms with Gasteiger partial charge in [0.05, 0.1) is 10.6 Å². The van der Waals surface area contributed by atoms with Gasteiger partial charge in [0.2, 0.25) is 0 Å². The molecule has 2 N–H and O–H groups in total. The number of carbonyl (C=O) groups excluding carboxylic acids is 1. The first-order valence-electron chi connectivity index (χ1n) is 6.05. The van der Waals surface area contributed by atoms with E-state index in [1.807, 2.05) is 0 Å². The standard InChI is InChI=1S/C15H12ClF2NO2/c16-13-7-6-11(19)8-12(13)14(20)21-9-15(17,18)10-4-2-1-3-5-10/h1-8H,9,19H2. The Labute approximate surface area is 125 Å². The van der Waals surface area contributed by atoms with Crippen LogP contribution in [0.5, 0.6) is 0 Å². The van der Waals surface area contributed by atoms with Gasteiger partial charge in [-0.1, -0.05) is 41.9 Å². The minimum absolute atomic E-state index is 0.0412. The number of hydrogen-bond acceptors (Lipinski definition) is 3. The maximum Gasteiger partial charge on any atom is 0.339 e. The summed E-state index contributed by atoms with van der Waals surface area (Å²) in [6.45, 7) is -1.07. The Bertz CT molecular complexity index is 647. The van der Waals surface area contributed by atoms with Crippen LogP contribution in [0.1, 0.15) is 15.9 Å². The second-order valence-corrected chi connectivity index (χ2v) is 4.79. The van der Waals surface area contributed by atoms with E-state index >= 15 is 0 Å². The lowest BCUT2D eigenvalue weighted by molar-refractivity contribution is -0.0661. The highest BCUT2D eigenvalue weighted by Gasteiger charge is 2.33. The zero-order valence-corrected chi connectivity index (χ0v) is 11.6. The highest BCUT2D eigenvalue weighted by molar-refractivity contribution is 6.33. The number of alkyl halides is 2. The van der Waals surface area contributed by atoms with Crippen LogP contribution in [0.2, 0.25) is 5.02 Å². The van der Waals surface area contributed by atoms with Gasteiger partial charge in [0.25, 0.3) is 0 Å². The lowest BCUT2D eigenvalue weighted by atomic mass is 10.1. The average Bonchev–Trinajstić information content (AvgIpc) is 2.48. The molecule has 0 unspecified atom stereocenters.